The number of nitrogen functional groups attached to an aromatic ring is 1. The second-order valence-electron chi connectivity index (χ2n) is 8.14. The predicted octanol–water partition coefficient (Wildman–Crippen LogP) is 3.73. The van der Waals surface area contributed by atoms with Crippen LogP contribution in [0.15, 0.2) is 72.2 Å². The molecule has 0 radical (unpaired) electrons. The molecule has 2 aromatic carbocycles. The normalized spacial score (nSPS) is 15.6. The van der Waals surface area contributed by atoms with E-state index < -0.39 is 0 Å². The number of ether oxygens (including phenoxy) is 1. The number of likely N-dealkylation sites (tertiary alicyclic amines) is 1. The van der Waals surface area contributed by atoms with Gasteiger partial charge in [-0.3, -0.25) is 9.59 Å². The zero-order chi connectivity index (χ0) is 23.8. The number of hydrogen-bond acceptors (Lipinski definition) is 5. The lowest BCUT2D eigenvalue weighted by atomic mass is 9.99. The summed E-state index contributed by atoms with van der Waals surface area (Å²) in [7, 11) is 0. The van der Waals surface area contributed by atoms with Crippen molar-refractivity contribution in [1.82, 2.24) is 19.7 Å². The fourth-order valence-electron chi connectivity index (χ4n) is 4.41. The minimum atomic E-state index is -0.335. The molecule has 0 saturated carbocycles. The number of nitrogens with zero attached hydrogens (tertiary/aromatic N) is 3. The Labute approximate surface area is 194 Å². The number of hydrogen-bond donors (Lipinski definition) is 2. The maximum Gasteiger partial charge on any atom is 0.274 e. The summed E-state index contributed by atoms with van der Waals surface area (Å²) >= 11 is 0. The highest BCUT2D eigenvalue weighted by Crippen LogP contribution is 2.35. The van der Waals surface area contributed by atoms with Crippen LogP contribution in [0, 0.1) is 5.82 Å². The number of nitrogens with one attached hydrogen (secondary N) is 1. The number of aromatic amines is 1. The van der Waals surface area contributed by atoms with Crippen LogP contribution in [0.4, 0.5) is 10.2 Å². The van der Waals surface area contributed by atoms with Crippen molar-refractivity contribution in [3.63, 3.8) is 0 Å². The smallest absolute Gasteiger partial charge is 0.274 e. The lowest BCUT2D eigenvalue weighted by molar-refractivity contribution is -0.125. The van der Waals surface area contributed by atoms with Gasteiger partial charge in [-0.15, -0.1) is 0 Å². The van der Waals surface area contributed by atoms with Crippen molar-refractivity contribution in [3.8, 4) is 17.2 Å². The first-order chi connectivity index (χ1) is 16.4. The molecular weight excluding hydrogens is 437 g/mol. The lowest BCUT2D eigenvalue weighted by Gasteiger charge is -2.13. The standard InChI is InChI=1S/C25H22FN5O3/c1-2-21(32)30-12-11-15(13-30)20-14-31(23-22(20)25(33)29-28-24(23)27)17-5-9-19(10-6-17)34-18-7-3-16(26)4-8-18/h2-10,14-15H,1,11-13H2,(H2,27,28)(H,29,33). The Morgan fingerprint density at radius 2 is 1.85 bits per heavy atom. The van der Waals surface area contributed by atoms with Gasteiger partial charge in [-0.25, -0.2) is 9.49 Å². The van der Waals surface area contributed by atoms with Gasteiger partial charge in [0.2, 0.25) is 5.91 Å². The molecule has 8 nitrogen and oxygen atoms in total. The maximum absolute atomic E-state index is 13.1. The molecule has 1 aliphatic heterocycles. The van der Waals surface area contributed by atoms with Gasteiger partial charge >= 0.3 is 0 Å². The van der Waals surface area contributed by atoms with Crippen LogP contribution in [0.5, 0.6) is 11.5 Å². The minimum absolute atomic E-state index is 0.0170. The van der Waals surface area contributed by atoms with Gasteiger partial charge in [-0.05, 0) is 66.6 Å². The summed E-state index contributed by atoms with van der Waals surface area (Å²) in [6.45, 7) is 4.65. The van der Waals surface area contributed by atoms with Crippen LogP contribution in [0.25, 0.3) is 16.6 Å². The molecule has 0 aliphatic carbocycles. The number of H-pyrrole nitrogens is 1. The molecule has 3 N–H and O–H groups in total. The van der Waals surface area contributed by atoms with E-state index in [1.807, 2.05) is 22.9 Å². The topological polar surface area (TPSA) is 106 Å². The summed E-state index contributed by atoms with van der Waals surface area (Å²) in [5.41, 5.74) is 7.94. The third-order valence-electron chi connectivity index (χ3n) is 6.06. The fourth-order valence-corrected chi connectivity index (χ4v) is 4.41. The molecular formula is C25H22FN5O3. The minimum Gasteiger partial charge on any atom is -0.457 e. The van der Waals surface area contributed by atoms with Crippen molar-refractivity contribution in [1.29, 1.82) is 0 Å². The van der Waals surface area contributed by atoms with Crippen molar-refractivity contribution in [3.05, 3.63) is 89.1 Å². The van der Waals surface area contributed by atoms with Crippen LogP contribution in [0.1, 0.15) is 17.9 Å². The summed E-state index contributed by atoms with van der Waals surface area (Å²) in [5.74, 6) is 0.811. The fraction of sp³-hybridized carbons (Fsp3) is 0.160. The molecule has 5 rings (SSSR count). The summed E-state index contributed by atoms with van der Waals surface area (Å²) in [5, 5.41) is 6.90. The number of anilines is 1. The molecule has 0 bridgehead atoms. The first-order valence-electron chi connectivity index (χ1n) is 10.8. The second-order valence-corrected chi connectivity index (χ2v) is 8.14. The van der Waals surface area contributed by atoms with Gasteiger partial charge in [-0.1, -0.05) is 6.58 Å². The Balaban J connectivity index is 1.52. The van der Waals surface area contributed by atoms with Crippen molar-refractivity contribution < 1.29 is 13.9 Å². The quantitative estimate of drug-likeness (QED) is 0.443. The third-order valence-corrected chi connectivity index (χ3v) is 6.06. The molecule has 1 aliphatic rings. The Bertz CT molecular complexity index is 1440. The van der Waals surface area contributed by atoms with Crippen LogP contribution in [-0.4, -0.2) is 38.7 Å². The van der Waals surface area contributed by atoms with Crippen LogP contribution in [0.2, 0.25) is 0 Å². The van der Waals surface area contributed by atoms with E-state index in [0.29, 0.717) is 35.5 Å². The van der Waals surface area contributed by atoms with Crippen LogP contribution in [0.3, 0.4) is 0 Å². The number of halogens is 1. The van der Waals surface area contributed by atoms with Gasteiger partial charge in [0.25, 0.3) is 5.56 Å². The lowest BCUT2D eigenvalue weighted by Crippen LogP contribution is -2.26. The number of aromatic nitrogens is 3. The van der Waals surface area contributed by atoms with E-state index in [2.05, 4.69) is 16.8 Å². The molecule has 2 aromatic heterocycles. The van der Waals surface area contributed by atoms with Crippen LogP contribution >= 0.6 is 0 Å². The van der Waals surface area contributed by atoms with E-state index in [9.17, 15) is 14.0 Å². The summed E-state index contributed by atoms with van der Waals surface area (Å²) in [6, 6.07) is 13.0. The van der Waals surface area contributed by atoms with Gasteiger partial charge in [0.15, 0.2) is 5.82 Å². The molecule has 1 amide bonds. The largest absolute Gasteiger partial charge is 0.457 e. The summed E-state index contributed by atoms with van der Waals surface area (Å²) < 4.78 is 20.7. The Morgan fingerprint density at radius 3 is 2.53 bits per heavy atom. The Morgan fingerprint density at radius 1 is 1.18 bits per heavy atom. The number of benzene rings is 2. The van der Waals surface area contributed by atoms with Crippen molar-refractivity contribution >= 4 is 22.6 Å². The first kappa shape index (κ1) is 21.4. The van der Waals surface area contributed by atoms with Gasteiger partial charge in [0, 0.05) is 30.9 Å². The number of carbonyl (C=O) groups is 1. The van der Waals surface area contributed by atoms with Gasteiger partial charge in [-0.2, -0.15) is 5.10 Å². The molecule has 1 unspecified atom stereocenters. The molecule has 1 fully saturated rings. The highest BCUT2D eigenvalue weighted by Gasteiger charge is 2.30. The van der Waals surface area contributed by atoms with E-state index in [-0.39, 0.29) is 29.0 Å². The molecule has 0 spiro atoms. The third kappa shape index (κ3) is 3.81. The Kier molecular flexibility index (Phi) is 5.37. The highest BCUT2D eigenvalue weighted by atomic mass is 19.1. The van der Waals surface area contributed by atoms with Crippen molar-refractivity contribution in [2.24, 2.45) is 0 Å². The second kappa shape index (κ2) is 8.51. The van der Waals surface area contributed by atoms with E-state index in [1.165, 1.54) is 18.2 Å². The number of nitrogens with two attached hydrogens (primary N) is 1. The van der Waals surface area contributed by atoms with E-state index in [4.69, 9.17) is 10.5 Å². The number of carbonyl (C=O) groups excluding carboxylic acids is 1. The van der Waals surface area contributed by atoms with Gasteiger partial charge in [0.1, 0.15) is 22.8 Å². The number of rotatable bonds is 5. The highest BCUT2D eigenvalue weighted by molar-refractivity contribution is 5.92. The molecule has 1 saturated heterocycles. The predicted molar refractivity (Wildman–Crippen MR) is 127 cm³/mol. The molecule has 172 valence electrons. The van der Waals surface area contributed by atoms with E-state index in [0.717, 1.165) is 17.7 Å². The average molecular weight is 459 g/mol. The van der Waals surface area contributed by atoms with E-state index >= 15 is 0 Å². The van der Waals surface area contributed by atoms with Gasteiger partial charge < -0.3 is 19.9 Å². The molecule has 3 heterocycles. The van der Waals surface area contributed by atoms with Crippen LogP contribution in [-0.2, 0) is 4.79 Å². The van der Waals surface area contributed by atoms with Gasteiger partial charge in [0.05, 0.1) is 5.39 Å². The summed E-state index contributed by atoms with van der Waals surface area (Å²) in [6.07, 6.45) is 3.92. The first-order valence-corrected chi connectivity index (χ1v) is 10.8. The molecule has 4 aromatic rings. The van der Waals surface area contributed by atoms with Crippen molar-refractivity contribution in [2.75, 3.05) is 18.8 Å². The zero-order valence-electron chi connectivity index (χ0n) is 18.2. The van der Waals surface area contributed by atoms with Crippen molar-refractivity contribution in [2.45, 2.75) is 12.3 Å². The number of fused-ring (bicyclic) bond motifs is 1. The molecule has 1 atom stereocenters. The maximum atomic E-state index is 13.1. The average Bonchev–Trinajstić information content (AvgIpc) is 3.49. The monoisotopic (exact) mass is 459 g/mol. The van der Waals surface area contributed by atoms with E-state index in [1.54, 1.807) is 29.2 Å². The number of amides is 1. The summed E-state index contributed by atoms with van der Waals surface area (Å²) in [4.78, 5) is 26.6. The zero-order valence-corrected chi connectivity index (χ0v) is 18.2. The molecule has 9 heteroatoms. The molecule has 34 heavy (non-hydrogen) atoms. The SMILES string of the molecule is C=CC(=O)N1CCC(c2cn(-c3ccc(Oc4ccc(F)cc4)cc3)c3c(N)n[nH]c(=O)c23)C1. The van der Waals surface area contributed by atoms with Crippen LogP contribution < -0.4 is 16.0 Å². The Hall–Kier alpha value is -4.40.